The molecule has 1 heterocycles. The molecule has 0 aliphatic rings. The van der Waals surface area contributed by atoms with E-state index in [9.17, 15) is 14.4 Å². The Bertz CT molecular complexity index is 1030. The summed E-state index contributed by atoms with van der Waals surface area (Å²) in [5, 5.41) is 0.522. The minimum absolute atomic E-state index is 0.0855. The van der Waals surface area contributed by atoms with Crippen molar-refractivity contribution >= 4 is 29.4 Å². The first-order chi connectivity index (χ1) is 14.9. The second-order valence-electron chi connectivity index (χ2n) is 10.2. The largest absolute Gasteiger partial charge is 0.534 e. The fraction of sp³-hybridized carbons (Fsp3) is 0.522. The quantitative estimate of drug-likeness (QED) is 0.323. The standard InChI is InChI=1S/C23H31NO9/c1-21(2,3)30-18(25)28-16-12-14-10-11-24(33-20(27)32-23(7,8)9)15(14)13-17(16)29-19(26)31-22(4,5)6/h10-13H,1-9H3. The molecule has 1 aromatic heterocycles. The van der Waals surface area contributed by atoms with E-state index in [1.807, 2.05) is 0 Å². The third-order valence-electron chi connectivity index (χ3n) is 3.45. The SMILES string of the molecule is CC(C)(C)OC(=O)Oc1cc2ccn(OC(=O)OC(C)(C)C)c2cc1OC(=O)OC(C)(C)C. The van der Waals surface area contributed by atoms with Crippen molar-refractivity contribution in [2.75, 3.05) is 0 Å². The average molecular weight is 465 g/mol. The number of fused-ring (bicyclic) bond motifs is 1. The second kappa shape index (κ2) is 9.21. The fourth-order valence-electron chi connectivity index (χ4n) is 2.43. The van der Waals surface area contributed by atoms with Crippen molar-refractivity contribution in [2.45, 2.75) is 79.1 Å². The molecule has 0 spiro atoms. The Balaban J connectivity index is 2.41. The molecule has 2 rings (SSSR count). The van der Waals surface area contributed by atoms with Crippen molar-refractivity contribution in [1.29, 1.82) is 0 Å². The molecule has 0 unspecified atom stereocenters. The summed E-state index contributed by atoms with van der Waals surface area (Å²) in [6.45, 7) is 15.2. The molecule has 0 aliphatic heterocycles. The lowest BCUT2D eigenvalue weighted by Gasteiger charge is -2.21. The lowest BCUT2D eigenvalue weighted by molar-refractivity contribution is -0.00888. The van der Waals surface area contributed by atoms with E-state index in [0.29, 0.717) is 10.9 Å². The normalized spacial score (nSPS) is 12.2. The Hall–Kier alpha value is -3.43. The van der Waals surface area contributed by atoms with Crippen LogP contribution in [-0.2, 0) is 14.2 Å². The highest BCUT2D eigenvalue weighted by Gasteiger charge is 2.25. The summed E-state index contributed by atoms with van der Waals surface area (Å²) in [4.78, 5) is 41.8. The van der Waals surface area contributed by atoms with Gasteiger partial charge < -0.3 is 28.5 Å². The molecule has 182 valence electrons. The van der Waals surface area contributed by atoms with Gasteiger partial charge in [0.05, 0.1) is 5.52 Å². The molecule has 10 nitrogen and oxygen atoms in total. The van der Waals surface area contributed by atoms with Gasteiger partial charge in [0.1, 0.15) is 16.8 Å². The summed E-state index contributed by atoms with van der Waals surface area (Å²) in [6.07, 6.45) is -1.46. The van der Waals surface area contributed by atoms with Gasteiger partial charge in [-0.25, -0.2) is 14.4 Å². The first-order valence-electron chi connectivity index (χ1n) is 10.3. The van der Waals surface area contributed by atoms with Gasteiger partial charge in [0, 0.05) is 17.6 Å². The average Bonchev–Trinajstić information content (AvgIpc) is 2.91. The van der Waals surface area contributed by atoms with Gasteiger partial charge in [0.15, 0.2) is 11.5 Å². The topological polar surface area (TPSA) is 112 Å². The van der Waals surface area contributed by atoms with Crippen molar-refractivity contribution in [2.24, 2.45) is 0 Å². The zero-order chi connectivity index (χ0) is 25.2. The molecule has 0 amide bonds. The molecule has 0 saturated heterocycles. The van der Waals surface area contributed by atoms with E-state index in [-0.39, 0.29) is 11.5 Å². The van der Waals surface area contributed by atoms with E-state index >= 15 is 0 Å². The monoisotopic (exact) mass is 465 g/mol. The summed E-state index contributed by atoms with van der Waals surface area (Å²) >= 11 is 0. The molecular formula is C23H31NO9. The van der Waals surface area contributed by atoms with Gasteiger partial charge in [-0.05, 0) is 74.4 Å². The smallest absolute Gasteiger partial charge is 0.428 e. The zero-order valence-corrected chi connectivity index (χ0v) is 20.4. The minimum atomic E-state index is -1.01. The van der Waals surface area contributed by atoms with Crippen LogP contribution in [0.3, 0.4) is 0 Å². The number of hydrogen-bond donors (Lipinski definition) is 0. The van der Waals surface area contributed by atoms with E-state index in [0.717, 1.165) is 4.73 Å². The number of rotatable bonds is 3. The Labute approximate surface area is 192 Å². The minimum Gasteiger partial charge on any atom is -0.428 e. The van der Waals surface area contributed by atoms with Gasteiger partial charge >= 0.3 is 18.5 Å². The second-order valence-corrected chi connectivity index (χ2v) is 10.2. The van der Waals surface area contributed by atoms with Gasteiger partial charge in [0.2, 0.25) is 0 Å². The number of ether oxygens (including phenoxy) is 5. The molecule has 0 saturated carbocycles. The Morgan fingerprint density at radius 1 is 0.667 bits per heavy atom. The molecule has 0 N–H and O–H groups in total. The van der Waals surface area contributed by atoms with Crippen LogP contribution in [0.25, 0.3) is 10.9 Å². The summed E-state index contributed by atoms with van der Waals surface area (Å²) < 4.78 is 27.2. The third kappa shape index (κ3) is 8.55. The molecule has 0 atom stereocenters. The van der Waals surface area contributed by atoms with Crippen LogP contribution in [0.4, 0.5) is 14.4 Å². The van der Waals surface area contributed by atoms with E-state index in [4.69, 9.17) is 28.5 Å². The van der Waals surface area contributed by atoms with Crippen LogP contribution >= 0.6 is 0 Å². The summed E-state index contributed by atoms with van der Waals surface area (Å²) in [7, 11) is 0. The van der Waals surface area contributed by atoms with E-state index in [1.54, 1.807) is 68.4 Å². The van der Waals surface area contributed by atoms with Crippen LogP contribution in [0.5, 0.6) is 11.5 Å². The lowest BCUT2D eigenvalue weighted by atomic mass is 10.2. The molecule has 0 bridgehead atoms. The van der Waals surface area contributed by atoms with Gasteiger partial charge in [-0.2, -0.15) is 4.73 Å². The van der Waals surface area contributed by atoms with Crippen LogP contribution in [0.15, 0.2) is 24.4 Å². The highest BCUT2D eigenvalue weighted by Crippen LogP contribution is 2.34. The van der Waals surface area contributed by atoms with Crippen LogP contribution in [0.2, 0.25) is 0 Å². The number of carbonyl (C=O) groups is 3. The van der Waals surface area contributed by atoms with Crippen molar-refractivity contribution in [3.05, 3.63) is 24.4 Å². The maximum absolute atomic E-state index is 12.3. The number of carbonyl (C=O) groups excluding carboxylic acids is 3. The molecule has 2 aromatic rings. The van der Waals surface area contributed by atoms with E-state index in [2.05, 4.69) is 0 Å². The first kappa shape index (κ1) is 25.8. The first-order valence-corrected chi connectivity index (χ1v) is 10.3. The zero-order valence-electron chi connectivity index (χ0n) is 20.4. The highest BCUT2D eigenvalue weighted by molar-refractivity contribution is 5.86. The van der Waals surface area contributed by atoms with Crippen LogP contribution < -0.4 is 14.3 Å². The molecule has 0 fully saturated rings. The summed E-state index contributed by atoms with van der Waals surface area (Å²) in [5.74, 6) is -0.229. The van der Waals surface area contributed by atoms with Gasteiger partial charge in [0.25, 0.3) is 0 Å². The van der Waals surface area contributed by atoms with Gasteiger partial charge in [-0.15, -0.1) is 0 Å². The number of benzene rings is 1. The van der Waals surface area contributed by atoms with E-state index < -0.39 is 35.3 Å². The van der Waals surface area contributed by atoms with Crippen molar-refractivity contribution in [3.63, 3.8) is 0 Å². The molecule has 10 heteroatoms. The third-order valence-corrected chi connectivity index (χ3v) is 3.45. The van der Waals surface area contributed by atoms with Crippen molar-refractivity contribution < 1.29 is 42.9 Å². The van der Waals surface area contributed by atoms with Crippen LogP contribution in [0.1, 0.15) is 62.3 Å². The number of hydrogen-bond acceptors (Lipinski definition) is 9. The molecule has 33 heavy (non-hydrogen) atoms. The highest BCUT2D eigenvalue weighted by atomic mass is 16.8. The van der Waals surface area contributed by atoms with Crippen LogP contribution in [-0.4, -0.2) is 40.0 Å². The van der Waals surface area contributed by atoms with Crippen molar-refractivity contribution in [3.8, 4) is 11.5 Å². The van der Waals surface area contributed by atoms with Gasteiger partial charge in [-0.3, -0.25) is 0 Å². The van der Waals surface area contributed by atoms with Gasteiger partial charge in [-0.1, -0.05) is 0 Å². The Kier molecular flexibility index (Phi) is 7.20. The number of aromatic nitrogens is 1. The van der Waals surface area contributed by atoms with Crippen molar-refractivity contribution in [1.82, 2.24) is 4.73 Å². The van der Waals surface area contributed by atoms with Crippen LogP contribution in [0, 0.1) is 0 Å². The maximum atomic E-state index is 12.3. The summed E-state index contributed by atoms with van der Waals surface area (Å²) in [6, 6.07) is 4.41. The van der Waals surface area contributed by atoms with E-state index in [1.165, 1.54) is 18.3 Å². The summed E-state index contributed by atoms with van der Waals surface area (Å²) in [5.41, 5.74) is -2.01. The predicted octanol–water partition coefficient (Wildman–Crippen LogP) is 5.63. The Morgan fingerprint density at radius 2 is 1.09 bits per heavy atom. The lowest BCUT2D eigenvalue weighted by Crippen LogP contribution is -2.29. The molecule has 0 aliphatic carbocycles. The number of nitrogens with zero attached hydrogens (tertiary/aromatic N) is 1. The molecule has 0 radical (unpaired) electrons. The fourth-order valence-corrected chi connectivity index (χ4v) is 2.43. The predicted molar refractivity (Wildman–Crippen MR) is 118 cm³/mol. The Morgan fingerprint density at radius 3 is 1.55 bits per heavy atom. The molecule has 1 aromatic carbocycles. The molecular weight excluding hydrogens is 434 g/mol. The maximum Gasteiger partial charge on any atom is 0.534 e.